The molecule has 2 rings (SSSR count). The third-order valence-electron chi connectivity index (χ3n) is 3.87. The number of primary amides is 1. The monoisotopic (exact) mass is 276 g/mol. The van der Waals surface area contributed by atoms with Crippen molar-refractivity contribution in [2.45, 2.75) is 32.7 Å². The first-order valence-corrected chi connectivity index (χ1v) is 7.34. The summed E-state index contributed by atoms with van der Waals surface area (Å²) in [6.45, 7) is 4.24. The Kier molecular flexibility index (Phi) is 5.41. The number of rotatable bonds is 7. The highest BCUT2D eigenvalue weighted by atomic mass is 16.5. The fraction of sp³-hybridized carbons (Fsp3) is 0.562. The number of carbonyl (C=O) groups is 1. The Morgan fingerprint density at radius 1 is 1.35 bits per heavy atom. The number of ether oxygens (including phenoxy) is 1. The Bertz CT molecular complexity index is 431. The average molecular weight is 276 g/mol. The molecule has 0 radical (unpaired) electrons. The Balaban J connectivity index is 1.69. The minimum absolute atomic E-state index is 0.0720. The Morgan fingerprint density at radius 3 is 2.70 bits per heavy atom. The summed E-state index contributed by atoms with van der Waals surface area (Å²) in [4.78, 5) is 10.6. The van der Waals surface area contributed by atoms with E-state index in [-0.39, 0.29) is 6.61 Å². The van der Waals surface area contributed by atoms with Gasteiger partial charge in [-0.3, -0.25) is 4.79 Å². The van der Waals surface area contributed by atoms with E-state index in [1.165, 1.54) is 24.8 Å². The van der Waals surface area contributed by atoms with E-state index in [4.69, 9.17) is 10.5 Å². The maximum atomic E-state index is 10.6. The van der Waals surface area contributed by atoms with Gasteiger partial charge in [-0.1, -0.05) is 25.5 Å². The van der Waals surface area contributed by atoms with Crippen molar-refractivity contribution in [2.24, 2.45) is 17.6 Å². The Morgan fingerprint density at radius 2 is 2.10 bits per heavy atom. The smallest absolute Gasteiger partial charge is 0.255 e. The molecule has 2 atom stereocenters. The zero-order chi connectivity index (χ0) is 14.4. The highest BCUT2D eigenvalue weighted by Gasteiger charge is 2.20. The van der Waals surface area contributed by atoms with E-state index in [9.17, 15) is 4.79 Å². The summed E-state index contributed by atoms with van der Waals surface area (Å²) in [5, 5.41) is 3.52. The van der Waals surface area contributed by atoms with Crippen LogP contribution in [-0.2, 0) is 11.3 Å². The molecule has 1 saturated carbocycles. The van der Waals surface area contributed by atoms with Gasteiger partial charge in [0.25, 0.3) is 5.91 Å². The molecule has 1 aliphatic carbocycles. The van der Waals surface area contributed by atoms with Crippen molar-refractivity contribution in [1.29, 1.82) is 0 Å². The predicted molar refractivity (Wildman–Crippen MR) is 79.3 cm³/mol. The molecular formula is C16H24N2O2. The van der Waals surface area contributed by atoms with E-state index in [1.54, 1.807) is 0 Å². The van der Waals surface area contributed by atoms with Gasteiger partial charge >= 0.3 is 0 Å². The lowest BCUT2D eigenvalue weighted by molar-refractivity contribution is -0.119. The molecule has 0 heterocycles. The topological polar surface area (TPSA) is 64.3 Å². The fourth-order valence-corrected chi connectivity index (χ4v) is 2.79. The van der Waals surface area contributed by atoms with Crippen LogP contribution in [0, 0.1) is 11.8 Å². The van der Waals surface area contributed by atoms with Crippen molar-refractivity contribution < 1.29 is 9.53 Å². The summed E-state index contributed by atoms with van der Waals surface area (Å²) >= 11 is 0. The fourth-order valence-electron chi connectivity index (χ4n) is 2.79. The molecule has 0 aromatic heterocycles. The van der Waals surface area contributed by atoms with Gasteiger partial charge < -0.3 is 15.8 Å². The van der Waals surface area contributed by atoms with Gasteiger partial charge in [0, 0.05) is 6.54 Å². The van der Waals surface area contributed by atoms with E-state index in [0.29, 0.717) is 5.75 Å². The number of benzene rings is 1. The lowest BCUT2D eigenvalue weighted by atomic mass is 10.1. The van der Waals surface area contributed by atoms with Crippen molar-refractivity contribution in [2.75, 3.05) is 13.2 Å². The molecule has 1 amide bonds. The summed E-state index contributed by atoms with van der Waals surface area (Å²) in [5.41, 5.74) is 6.26. The van der Waals surface area contributed by atoms with Crippen LogP contribution in [0.25, 0.3) is 0 Å². The van der Waals surface area contributed by atoms with Crippen molar-refractivity contribution >= 4 is 5.91 Å². The molecule has 1 aromatic carbocycles. The van der Waals surface area contributed by atoms with Gasteiger partial charge in [0.2, 0.25) is 0 Å². The van der Waals surface area contributed by atoms with E-state index < -0.39 is 5.91 Å². The van der Waals surface area contributed by atoms with E-state index >= 15 is 0 Å². The number of hydrogen-bond donors (Lipinski definition) is 2. The molecule has 0 saturated heterocycles. The highest BCUT2D eigenvalue weighted by Crippen LogP contribution is 2.29. The molecule has 20 heavy (non-hydrogen) atoms. The standard InChI is InChI=1S/C16H24N2O2/c1-12-2-3-14(8-12)10-18-9-13-4-6-15(7-5-13)20-11-16(17)19/h4-7,12,14,18H,2-3,8-11H2,1H3,(H2,17,19). The number of nitrogens with one attached hydrogen (secondary N) is 1. The van der Waals surface area contributed by atoms with Crippen molar-refractivity contribution in [3.63, 3.8) is 0 Å². The third kappa shape index (κ3) is 4.85. The SMILES string of the molecule is CC1CCC(CNCc2ccc(OCC(N)=O)cc2)C1. The van der Waals surface area contributed by atoms with Crippen molar-refractivity contribution in [3.8, 4) is 5.75 Å². The molecule has 3 N–H and O–H groups in total. The first-order valence-electron chi connectivity index (χ1n) is 7.34. The van der Waals surface area contributed by atoms with E-state index in [0.717, 1.165) is 24.9 Å². The van der Waals surface area contributed by atoms with Crippen LogP contribution in [0.2, 0.25) is 0 Å². The molecule has 110 valence electrons. The van der Waals surface area contributed by atoms with Crippen LogP contribution in [0.3, 0.4) is 0 Å². The molecule has 0 spiro atoms. The van der Waals surface area contributed by atoms with Crippen LogP contribution < -0.4 is 15.8 Å². The van der Waals surface area contributed by atoms with Crippen LogP contribution in [0.1, 0.15) is 31.7 Å². The second-order valence-electron chi connectivity index (χ2n) is 5.81. The van der Waals surface area contributed by atoms with Crippen molar-refractivity contribution in [1.82, 2.24) is 5.32 Å². The summed E-state index contributed by atoms with van der Waals surface area (Å²) < 4.78 is 5.23. The zero-order valence-electron chi connectivity index (χ0n) is 12.1. The second kappa shape index (κ2) is 7.29. The normalized spacial score (nSPS) is 21.9. The lowest BCUT2D eigenvalue weighted by Gasteiger charge is -2.11. The van der Waals surface area contributed by atoms with Gasteiger partial charge in [-0.2, -0.15) is 0 Å². The van der Waals surface area contributed by atoms with Crippen LogP contribution in [-0.4, -0.2) is 19.1 Å². The van der Waals surface area contributed by atoms with Crippen LogP contribution in [0.4, 0.5) is 0 Å². The molecule has 4 nitrogen and oxygen atoms in total. The minimum atomic E-state index is -0.457. The first-order chi connectivity index (χ1) is 9.63. The molecule has 1 aliphatic rings. The van der Waals surface area contributed by atoms with Gasteiger partial charge in [-0.15, -0.1) is 0 Å². The molecule has 1 fully saturated rings. The van der Waals surface area contributed by atoms with E-state index in [1.807, 2.05) is 24.3 Å². The van der Waals surface area contributed by atoms with Crippen molar-refractivity contribution in [3.05, 3.63) is 29.8 Å². The van der Waals surface area contributed by atoms with Gasteiger partial charge in [0.05, 0.1) is 0 Å². The Labute approximate surface area is 120 Å². The maximum Gasteiger partial charge on any atom is 0.255 e. The Hall–Kier alpha value is -1.55. The third-order valence-corrected chi connectivity index (χ3v) is 3.87. The van der Waals surface area contributed by atoms with Crippen LogP contribution >= 0.6 is 0 Å². The van der Waals surface area contributed by atoms with Crippen LogP contribution in [0.5, 0.6) is 5.75 Å². The highest BCUT2D eigenvalue weighted by molar-refractivity contribution is 5.75. The summed E-state index contributed by atoms with van der Waals surface area (Å²) in [7, 11) is 0. The largest absolute Gasteiger partial charge is 0.484 e. The number of carbonyl (C=O) groups excluding carboxylic acids is 1. The summed E-state index contributed by atoms with van der Waals surface area (Å²) in [6.07, 6.45) is 4.08. The minimum Gasteiger partial charge on any atom is -0.484 e. The van der Waals surface area contributed by atoms with E-state index in [2.05, 4.69) is 12.2 Å². The maximum absolute atomic E-state index is 10.6. The molecule has 2 unspecified atom stereocenters. The number of amides is 1. The molecule has 0 bridgehead atoms. The van der Waals surface area contributed by atoms with Gasteiger partial charge in [-0.25, -0.2) is 0 Å². The predicted octanol–water partition coefficient (Wildman–Crippen LogP) is 2.08. The zero-order valence-corrected chi connectivity index (χ0v) is 12.1. The van der Waals surface area contributed by atoms with Crippen LogP contribution in [0.15, 0.2) is 24.3 Å². The number of hydrogen-bond acceptors (Lipinski definition) is 3. The quantitative estimate of drug-likeness (QED) is 0.801. The second-order valence-corrected chi connectivity index (χ2v) is 5.81. The molecule has 1 aromatic rings. The number of nitrogens with two attached hydrogens (primary N) is 1. The lowest BCUT2D eigenvalue weighted by Crippen LogP contribution is -2.21. The first kappa shape index (κ1) is 14.9. The molecular weight excluding hydrogens is 252 g/mol. The summed E-state index contributed by atoms with van der Waals surface area (Å²) in [5.74, 6) is 1.95. The van der Waals surface area contributed by atoms with Gasteiger partial charge in [0.1, 0.15) is 5.75 Å². The average Bonchev–Trinajstić information content (AvgIpc) is 2.83. The molecule has 0 aliphatic heterocycles. The summed E-state index contributed by atoms with van der Waals surface area (Å²) in [6, 6.07) is 7.77. The van der Waals surface area contributed by atoms with Gasteiger partial charge in [0.15, 0.2) is 6.61 Å². The molecule has 4 heteroatoms. The van der Waals surface area contributed by atoms with Gasteiger partial charge in [-0.05, 0) is 48.9 Å².